The molecule has 12 nitrogen and oxygen atoms in total. The molecule has 0 unspecified atom stereocenters. The summed E-state index contributed by atoms with van der Waals surface area (Å²) in [5.41, 5.74) is 3.27. The van der Waals surface area contributed by atoms with Gasteiger partial charge in [0, 0.05) is 85.4 Å². The minimum atomic E-state index is -1.37. The van der Waals surface area contributed by atoms with Crippen molar-refractivity contribution < 1.29 is 38.3 Å². The molecule has 0 bridgehead atoms. The number of benzene rings is 3. The largest absolute Gasteiger partial charge is 0.545 e. The summed E-state index contributed by atoms with van der Waals surface area (Å²) >= 11 is 0. The third-order valence-electron chi connectivity index (χ3n) is 8.03. The van der Waals surface area contributed by atoms with Gasteiger partial charge in [-0.05, 0) is 48.7 Å². The summed E-state index contributed by atoms with van der Waals surface area (Å²) in [5, 5.41) is 17.3. The number of hydroxylamine groups is 2. The number of hydrogen-bond donors (Lipinski definition) is 1. The van der Waals surface area contributed by atoms with Crippen LogP contribution in [0.3, 0.4) is 0 Å². The van der Waals surface area contributed by atoms with Gasteiger partial charge in [0.2, 0.25) is 5.36 Å². The summed E-state index contributed by atoms with van der Waals surface area (Å²) in [6, 6.07) is 15.8. The Morgan fingerprint density at radius 1 is 0.936 bits per heavy atom. The molecule has 1 fully saturated rings. The predicted molar refractivity (Wildman–Crippen MR) is 172 cm³/mol. The number of unbranched alkanes of at least 4 members (excludes halogenated alkanes) is 2. The van der Waals surface area contributed by atoms with Crippen LogP contribution in [0.2, 0.25) is 0 Å². The summed E-state index contributed by atoms with van der Waals surface area (Å²) < 4.78 is 8.30. The number of carbonyl (C=O) groups is 5. The lowest BCUT2D eigenvalue weighted by Gasteiger charge is -2.20. The number of aromatic carboxylic acids is 1. The molecule has 3 aliphatic rings. The molecule has 0 saturated carbocycles. The van der Waals surface area contributed by atoms with Gasteiger partial charge in [-0.25, -0.2) is 9.37 Å². The normalized spacial score (nSPS) is 12.9. The highest BCUT2D eigenvalue weighted by molar-refractivity contribution is 6.09. The first-order valence-electron chi connectivity index (χ1n) is 15.3. The van der Waals surface area contributed by atoms with Crippen LogP contribution in [0.4, 0.5) is 5.69 Å². The number of carbonyl (C=O) groups excluding carboxylic acids is 5. The topological polar surface area (TPSA) is 152 Å². The summed E-state index contributed by atoms with van der Waals surface area (Å²) in [6.07, 6.45) is 1.68. The van der Waals surface area contributed by atoms with Crippen molar-refractivity contribution in [1.29, 1.82) is 0 Å². The summed E-state index contributed by atoms with van der Waals surface area (Å²) in [4.78, 5) is 67.6. The average molecular weight is 641 g/mol. The molecule has 5 rings (SSSR count). The van der Waals surface area contributed by atoms with Gasteiger partial charge < -0.3 is 29.4 Å². The van der Waals surface area contributed by atoms with E-state index in [1.165, 1.54) is 12.1 Å². The zero-order valence-corrected chi connectivity index (χ0v) is 26.8. The van der Waals surface area contributed by atoms with Crippen LogP contribution in [-0.4, -0.2) is 69.5 Å². The van der Waals surface area contributed by atoms with E-state index >= 15 is 0 Å². The Balaban J connectivity index is 1.37. The molecule has 0 atom stereocenters. The molecule has 2 aromatic rings. The van der Waals surface area contributed by atoms with Crippen molar-refractivity contribution >= 4 is 46.3 Å². The first-order valence-corrected chi connectivity index (χ1v) is 15.3. The Hall–Kier alpha value is -5.52. The van der Waals surface area contributed by atoms with Crippen LogP contribution in [-0.2, 0) is 19.2 Å². The van der Waals surface area contributed by atoms with Gasteiger partial charge in [-0.2, -0.15) is 0 Å². The number of amides is 3. The van der Waals surface area contributed by atoms with Crippen molar-refractivity contribution in [3.63, 3.8) is 0 Å². The highest BCUT2D eigenvalue weighted by Crippen LogP contribution is 2.42. The van der Waals surface area contributed by atoms with Crippen LogP contribution in [0, 0.1) is 0 Å². The number of rotatable bonds is 11. The van der Waals surface area contributed by atoms with E-state index in [-0.39, 0.29) is 36.3 Å². The Kier molecular flexibility index (Phi) is 9.69. The van der Waals surface area contributed by atoms with E-state index in [1.54, 1.807) is 6.07 Å². The second-order valence-electron chi connectivity index (χ2n) is 11.8. The lowest BCUT2D eigenvalue weighted by molar-refractivity contribution is -0.255. The maximum absolute atomic E-state index is 13.2. The van der Waals surface area contributed by atoms with Crippen LogP contribution in [0.15, 0.2) is 59.0 Å². The van der Waals surface area contributed by atoms with Gasteiger partial charge in [0.05, 0.1) is 12.0 Å². The third-order valence-corrected chi connectivity index (χ3v) is 8.03. The van der Waals surface area contributed by atoms with Crippen LogP contribution in [0.1, 0.15) is 59.2 Å². The van der Waals surface area contributed by atoms with Gasteiger partial charge in [0.25, 0.3) is 17.7 Å². The molecule has 0 aromatic heterocycles. The van der Waals surface area contributed by atoms with Crippen molar-refractivity contribution in [2.45, 2.75) is 38.5 Å². The van der Waals surface area contributed by atoms with E-state index < -0.39 is 23.8 Å². The minimum Gasteiger partial charge on any atom is -0.545 e. The standard InChI is InChI=1S/C35H36N4O8/c1-37(2)22-10-13-25-28(19-22)46-29-20-23(38(3)4)11-14-26(29)33(25)27-18-21(9-12-24(27)35(44)45)34(43)36-17-7-5-6-8-32(42)47-39-30(40)15-16-31(39)41/h9-14,18-20H,5-8,15-17H2,1-4H3,(H-,36,43,44,45). The fraction of sp³-hybridized carbons (Fsp3) is 0.314. The molecule has 2 aliphatic heterocycles. The average Bonchev–Trinajstić information content (AvgIpc) is 3.36. The molecule has 1 aliphatic carbocycles. The molecule has 1 N–H and O–H groups in total. The van der Waals surface area contributed by atoms with Crippen molar-refractivity contribution in [3.05, 3.63) is 71.1 Å². The smallest absolute Gasteiger partial charge is 0.333 e. The Morgan fingerprint density at radius 3 is 2.36 bits per heavy atom. The van der Waals surface area contributed by atoms with Crippen molar-refractivity contribution in [2.24, 2.45) is 0 Å². The number of carboxylic acids is 1. The molecule has 47 heavy (non-hydrogen) atoms. The third kappa shape index (κ3) is 7.16. The molecular weight excluding hydrogens is 604 g/mol. The number of anilines is 1. The second kappa shape index (κ2) is 13.9. The Bertz CT molecular complexity index is 1920. The van der Waals surface area contributed by atoms with E-state index in [0.29, 0.717) is 64.3 Å². The summed E-state index contributed by atoms with van der Waals surface area (Å²) in [7, 11) is 7.66. The molecule has 2 aromatic carbocycles. The molecule has 0 spiro atoms. The lowest BCUT2D eigenvalue weighted by Crippen LogP contribution is -2.31. The summed E-state index contributed by atoms with van der Waals surface area (Å²) in [5.74, 6) is -2.93. The predicted octanol–water partition coefficient (Wildman–Crippen LogP) is 2.56. The SMILES string of the molecule is CN(C)c1ccc2c(-c3cc(C(=O)NCCCCCC(=O)ON4C(=O)CCC4=O)ccc3C(=O)[O-])c3ccc(=[N+](C)C)cc-3oc2c1. The van der Waals surface area contributed by atoms with Crippen molar-refractivity contribution in [1.82, 2.24) is 15.0 Å². The molecule has 2 heterocycles. The number of imide groups is 1. The maximum Gasteiger partial charge on any atom is 0.333 e. The molecular formula is C35H36N4O8. The zero-order chi connectivity index (χ0) is 33.8. The quantitative estimate of drug-likeness (QED) is 0.113. The van der Waals surface area contributed by atoms with Crippen LogP contribution in [0.25, 0.3) is 33.4 Å². The van der Waals surface area contributed by atoms with E-state index in [4.69, 9.17) is 9.25 Å². The number of carboxylic acid groups (broad SMARTS) is 1. The Morgan fingerprint density at radius 2 is 1.68 bits per heavy atom. The van der Waals surface area contributed by atoms with E-state index in [2.05, 4.69) is 5.32 Å². The van der Waals surface area contributed by atoms with Crippen molar-refractivity contribution in [3.8, 4) is 22.5 Å². The number of fused-ring (bicyclic) bond motifs is 2. The van der Waals surface area contributed by atoms with Gasteiger partial charge in [-0.3, -0.25) is 14.4 Å². The molecule has 0 radical (unpaired) electrons. The van der Waals surface area contributed by atoms with Crippen LogP contribution in [0.5, 0.6) is 0 Å². The number of hydrogen-bond acceptors (Lipinski definition) is 9. The molecule has 244 valence electrons. The monoisotopic (exact) mass is 640 g/mol. The minimum absolute atomic E-state index is 0.0242. The van der Waals surface area contributed by atoms with Gasteiger partial charge in [-0.1, -0.05) is 12.5 Å². The first-order chi connectivity index (χ1) is 22.4. The fourth-order valence-corrected chi connectivity index (χ4v) is 5.46. The number of nitrogens with one attached hydrogen (secondary N) is 1. The van der Waals surface area contributed by atoms with Crippen LogP contribution >= 0.6 is 0 Å². The second-order valence-corrected chi connectivity index (χ2v) is 11.8. The van der Waals surface area contributed by atoms with Gasteiger partial charge in [-0.15, -0.1) is 5.06 Å². The van der Waals surface area contributed by atoms with E-state index in [9.17, 15) is 29.1 Å². The zero-order valence-electron chi connectivity index (χ0n) is 26.8. The van der Waals surface area contributed by atoms with Gasteiger partial charge in [0.1, 0.15) is 25.4 Å². The van der Waals surface area contributed by atoms with Crippen molar-refractivity contribution in [2.75, 3.05) is 39.6 Å². The fourth-order valence-electron chi connectivity index (χ4n) is 5.46. The summed E-state index contributed by atoms with van der Waals surface area (Å²) in [6.45, 7) is 0.311. The number of nitrogens with zero attached hydrogens (tertiary/aromatic N) is 3. The molecule has 3 amide bonds. The Labute approximate surface area is 271 Å². The van der Waals surface area contributed by atoms with E-state index in [0.717, 1.165) is 11.0 Å². The highest BCUT2D eigenvalue weighted by atomic mass is 16.7. The molecule has 12 heteroatoms. The lowest BCUT2D eigenvalue weighted by atomic mass is 9.89. The maximum atomic E-state index is 13.2. The van der Waals surface area contributed by atoms with Gasteiger partial charge >= 0.3 is 5.97 Å². The van der Waals surface area contributed by atoms with Crippen LogP contribution < -0.4 is 25.3 Å². The first kappa shape index (κ1) is 32.9. The molecule has 1 saturated heterocycles. The highest BCUT2D eigenvalue weighted by Gasteiger charge is 2.32. The van der Waals surface area contributed by atoms with Gasteiger partial charge in [0.15, 0.2) is 0 Å². The van der Waals surface area contributed by atoms with E-state index in [1.807, 2.05) is 74.1 Å².